The standard InChI is InChI=1S/C24H18ClNO4/c1-14-2-4-15(5-3-14)22-18-12-20-21(29-11-10-28-20)13-19(18)26-24(27)23(22)30-17-8-6-16(25)7-9-17/h2-9,12-13H,10-11H2,1H3,(H,26,27). The maximum absolute atomic E-state index is 13.1. The van der Waals surface area contributed by atoms with Gasteiger partial charge in [0, 0.05) is 22.0 Å². The molecule has 150 valence electrons. The molecule has 5 rings (SSSR count). The summed E-state index contributed by atoms with van der Waals surface area (Å²) in [6.07, 6.45) is 0. The molecule has 0 aliphatic carbocycles. The van der Waals surface area contributed by atoms with Gasteiger partial charge in [0.05, 0.1) is 5.52 Å². The molecule has 0 radical (unpaired) electrons. The summed E-state index contributed by atoms with van der Waals surface area (Å²) < 4.78 is 17.5. The Labute approximate surface area is 177 Å². The molecule has 1 aliphatic rings. The van der Waals surface area contributed by atoms with Crippen LogP contribution in [0.1, 0.15) is 5.56 Å². The minimum Gasteiger partial charge on any atom is -0.486 e. The SMILES string of the molecule is Cc1ccc(-c2c(Oc3ccc(Cl)cc3)c(=O)[nH]c3cc4c(cc23)OCCO4)cc1. The van der Waals surface area contributed by atoms with E-state index in [0.717, 1.165) is 16.5 Å². The quantitative estimate of drug-likeness (QED) is 0.461. The zero-order chi connectivity index (χ0) is 20.7. The van der Waals surface area contributed by atoms with E-state index in [1.807, 2.05) is 37.3 Å². The molecule has 30 heavy (non-hydrogen) atoms. The van der Waals surface area contributed by atoms with Gasteiger partial charge in [-0.15, -0.1) is 0 Å². The fourth-order valence-corrected chi connectivity index (χ4v) is 3.66. The van der Waals surface area contributed by atoms with Gasteiger partial charge in [-0.2, -0.15) is 0 Å². The van der Waals surface area contributed by atoms with E-state index in [1.165, 1.54) is 0 Å². The van der Waals surface area contributed by atoms with Crippen molar-refractivity contribution in [3.63, 3.8) is 0 Å². The number of aromatic amines is 1. The number of aromatic nitrogens is 1. The van der Waals surface area contributed by atoms with Crippen LogP contribution in [0.15, 0.2) is 65.5 Å². The molecule has 0 amide bonds. The highest BCUT2D eigenvalue weighted by Crippen LogP contribution is 2.41. The summed E-state index contributed by atoms with van der Waals surface area (Å²) in [6, 6.07) is 18.6. The number of H-pyrrole nitrogens is 1. The molecule has 1 N–H and O–H groups in total. The van der Waals surface area contributed by atoms with E-state index in [0.29, 0.717) is 46.6 Å². The lowest BCUT2D eigenvalue weighted by atomic mass is 9.98. The van der Waals surface area contributed by atoms with Gasteiger partial charge in [-0.05, 0) is 42.8 Å². The molecule has 1 aromatic heterocycles. The van der Waals surface area contributed by atoms with E-state index < -0.39 is 0 Å². The van der Waals surface area contributed by atoms with Crippen LogP contribution in [-0.2, 0) is 0 Å². The first-order valence-electron chi connectivity index (χ1n) is 9.58. The molecular weight excluding hydrogens is 402 g/mol. The second-order valence-electron chi connectivity index (χ2n) is 7.12. The second-order valence-corrected chi connectivity index (χ2v) is 7.56. The van der Waals surface area contributed by atoms with Crippen LogP contribution in [0.3, 0.4) is 0 Å². The van der Waals surface area contributed by atoms with E-state index in [4.69, 9.17) is 25.8 Å². The molecule has 1 aliphatic heterocycles. The topological polar surface area (TPSA) is 60.6 Å². The molecule has 6 heteroatoms. The molecule has 4 aromatic rings. The lowest BCUT2D eigenvalue weighted by Crippen LogP contribution is -2.16. The average Bonchev–Trinajstić information content (AvgIpc) is 2.75. The highest BCUT2D eigenvalue weighted by Gasteiger charge is 2.21. The number of aryl methyl sites for hydroxylation is 1. The number of pyridine rings is 1. The molecular formula is C24H18ClNO4. The van der Waals surface area contributed by atoms with E-state index in [2.05, 4.69) is 4.98 Å². The molecule has 0 unspecified atom stereocenters. The Hall–Kier alpha value is -3.44. The number of rotatable bonds is 3. The largest absolute Gasteiger partial charge is 0.486 e. The lowest BCUT2D eigenvalue weighted by molar-refractivity contribution is 0.172. The fourth-order valence-electron chi connectivity index (χ4n) is 3.54. The van der Waals surface area contributed by atoms with Crippen LogP contribution in [0.25, 0.3) is 22.0 Å². The minimum atomic E-state index is -0.329. The average molecular weight is 420 g/mol. The fraction of sp³-hybridized carbons (Fsp3) is 0.125. The third-order valence-corrected chi connectivity index (χ3v) is 5.26. The van der Waals surface area contributed by atoms with Gasteiger partial charge in [-0.25, -0.2) is 0 Å². The van der Waals surface area contributed by atoms with Crippen molar-refractivity contribution in [2.24, 2.45) is 0 Å². The first-order valence-corrected chi connectivity index (χ1v) is 9.96. The Kier molecular flexibility index (Phi) is 4.60. The summed E-state index contributed by atoms with van der Waals surface area (Å²) in [7, 11) is 0. The van der Waals surface area contributed by atoms with Crippen molar-refractivity contribution >= 4 is 22.5 Å². The first kappa shape index (κ1) is 18.6. The Bertz CT molecular complexity index is 1290. The molecule has 0 saturated carbocycles. The third kappa shape index (κ3) is 3.37. The predicted octanol–water partition coefficient (Wildman–Crippen LogP) is 5.72. The monoisotopic (exact) mass is 419 g/mol. The van der Waals surface area contributed by atoms with Crippen LogP contribution in [0, 0.1) is 6.92 Å². The molecule has 0 spiro atoms. The van der Waals surface area contributed by atoms with Gasteiger partial charge in [-0.1, -0.05) is 41.4 Å². The molecule has 0 fully saturated rings. The van der Waals surface area contributed by atoms with Crippen LogP contribution < -0.4 is 19.8 Å². The summed E-state index contributed by atoms with van der Waals surface area (Å²) in [4.78, 5) is 16.0. The highest BCUT2D eigenvalue weighted by molar-refractivity contribution is 6.30. The number of hydrogen-bond donors (Lipinski definition) is 1. The summed E-state index contributed by atoms with van der Waals surface area (Å²) in [5, 5.41) is 1.41. The highest BCUT2D eigenvalue weighted by atomic mass is 35.5. The third-order valence-electron chi connectivity index (χ3n) is 5.01. The maximum atomic E-state index is 13.1. The number of halogens is 1. The van der Waals surface area contributed by atoms with Crippen molar-refractivity contribution in [2.75, 3.05) is 13.2 Å². The van der Waals surface area contributed by atoms with E-state index >= 15 is 0 Å². The van der Waals surface area contributed by atoms with Gasteiger partial charge in [0.15, 0.2) is 11.5 Å². The molecule has 3 aromatic carbocycles. The first-order chi connectivity index (χ1) is 14.6. The molecule has 2 heterocycles. The summed E-state index contributed by atoms with van der Waals surface area (Å²) in [6.45, 7) is 2.98. The Morgan fingerprint density at radius 3 is 2.30 bits per heavy atom. The number of nitrogens with one attached hydrogen (secondary N) is 1. The molecule has 0 saturated heterocycles. The van der Waals surface area contributed by atoms with Gasteiger partial charge < -0.3 is 19.2 Å². The van der Waals surface area contributed by atoms with Crippen LogP contribution in [0.4, 0.5) is 0 Å². The number of benzene rings is 3. The zero-order valence-electron chi connectivity index (χ0n) is 16.2. The maximum Gasteiger partial charge on any atom is 0.292 e. The van der Waals surface area contributed by atoms with Gasteiger partial charge in [0.2, 0.25) is 5.75 Å². The summed E-state index contributed by atoms with van der Waals surface area (Å²) >= 11 is 5.98. The van der Waals surface area contributed by atoms with Crippen molar-refractivity contribution in [3.8, 4) is 34.1 Å². The number of fused-ring (bicyclic) bond motifs is 2. The van der Waals surface area contributed by atoms with Crippen LogP contribution in [-0.4, -0.2) is 18.2 Å². The summed E-state index contributed by atoms with van der Waals surface area (Å²) in [5.74, 6) is 2.00. The zero-order valence-corrected chi connectivity index (χ0v) is 17.0. The normalized spacial score (nSPS) is 12.7. The van der Waals surface area contributed by atoms with E-state index in [1.54, 1.807) is 30.3 Å². The second kappa shape index (κ2) is 7.43. The van der Waals surface area contributed by atoms with Gasteiger partial charge in [0.25, 0.3) is 5.56 Å². The van der Waals surface area contributed by atoms with Crippen molar-refractivity contribution < 1.29 is 14.2 Å². The number of ether oxygens (including phenoxy) is 3. The van der Waals surface area contributed by atoms with Gasteiger partial charge >= 0.3 is 0 Å². The molecule has 0 atom stereocenters. The van der Waals surface area contributed by atoms with Crippen LogP contribution in [0.5, 0.6) is 23.0 Å². The van der Waals surface area contributed by atoms with Crippen LogP contribution >= 0.6 is 11.6 Å². The minimum absolute atomic E-state index is 0.213. The van der Waals surface area contributed by atoms with Crippen LogP contribution in [0.2, 0.25) is 5.02 Å². The smallest absolute Gasteiger partial charge is 0.292 e. The Morgan fingerprint density at radius 2 is 1.60 bits per heavy atom. The Balaban J connectivity index is 1.77. The van der Waals surface area contributed by atoms with Gasteiger partial charge in [0.1, 0.15) is 19.0 Å². The molecule has 5 nitrogen and oxygen atoms in total. The van der Waals surface area contributed by atoms with E-state index in [9.17, 15) is 4.79 Å². The predicted molar refractivity (Wildman–Crippen MR) is 117 cm³/mol. The van der Waals surface area contributed by atoms with Crippen molar-refractivity contribution in [3.05, 3.63) is 81.6 Å². The van der Waals surface area contributed by atoms with Crippen molar-refractivity contribution in [1.29, 1.82) is 0 Å². The lowest BCUT2D eigenvalue weighted by Gasteiger charge is -2.20. The Morgan fingerprint density at radius 1 is 0.933 bits per heavy atom. The number of hydrogen-bond acceptors (Lipinski definition) is 4. The molecule has 0 bridgehead atoms. The summed E-state index contributed by atoms with van der Waals surface area (Å²) in [5.41, 5.74) is 3.02. The van der Waals surface area contributed by atoms with Crippen molar-refractivity contribution in [1.82, 2.24) is 4.98 Å². The van der Waals surface area contributed by atoms with Gasteiger partial charge in [-0.3, -0.25) is 4.79 Å². The van der Waals surface area contributed by atoms with Crippen molar-refractivity contribution in [2.45, 2.75) is 6.92 Å². The van der Waals surface area contributed by atoms with E-state index in [-0.39, 0.29) is 11.3 Å².